The van der Waals surface area contributed by atoms with Gasteiger partial charge in [-0.05, 0) is 35.7 Å². The second-order valence-electron chi connectivity index (χ2n) is 8.08. The Hall–Kier alpha value is -3.72. The van der Waals surface area contributed by atoms with E-state index in [0.717, 1.165) is 0 Å². The molecule has 0 N–H and O–H groups in total. The van der Waals surface area contributed by atoms with Gasteiger partial charge in [-0.15, -0.1) is 10.2 Å². The molecule has 2 aromatic carbocycles. The minimum Gasteiger partial charge on any atom is -0.493 e. The van der Waals surface area contributed by atoms with Crippen molar-refractivity contribution in [2.75, 3.05) is 18.6 Å². The van der Waals surface area contributed by atoms with Crippen LogP contribution in [-0.4, -0.2) is 29.8 Å². The van der Waals surface area contributed by atoms with Gasteiger partial charge in [0.25, 0.3) is 5.91 Å². The summed E-state index contributed by atoms with van der Waals surface area (Å²) in [7, 11) is 1.56. The molecule has 1 atom stereocenters. The summed E-state index contributed by atoms with van der Waals surface area (Å²) in [6.07, 6.45) is 0. The summed E-state index contributed by atoms with van der Waals surface area (Å²) in [5.41, 5.74) is 2.59. The molecule has 0 unspecified atom stereocenters. The summed E-state index contributed by atoms with van der Waals surface area (Å²) in [6.45, 7) is 4.66. The van der Waals surface area contributed by atoms with Crippen LogP contribution in [0.4, 0.5) is 5.13 Å². The molecule has 0 fully saturated rings. The lowest BCUT2D eigenvalue weighted by atomic mass is 9.98. The number of rotatable bonds is 6. The number of methoxy groups -OCH3 is 1. The lowest BCUT2D eigenvalue weighted by Gasteiger charge is -2.23. The van der Waals surface area contributed by atoms with Crippen molar-refractivity contribution in [3.05, 3.63) is 75.1 Å². The van der Waals surface area contributed by atoms with Crippen molar-refractivity contribution in [2.24, 2.45) is 5.92 Å². The Balaban J connectivity index is 1.70. The van der Waals surface area contributed by atoms with Gasteiger partial charge < -0.3 is 13.9 Å². The number of para-hydroxylation sites is 1. The monoisotopic (exact) mass is 463 g/mol. The molecule has 9 heteroatoms. The fourth-order valence-corrected chi connectivity index (χ4v) is 4.52. The van der Waals surface area contributed by atoms with Crippen LogP contribution in [0, 0.1) is 5.92 Å². The fourth-order valence-electron chi connectivity index (χ4n) is 3.93. The molecule has 0 saturated heterocycles. The van der Waals surface area contributed by atoms with Gasteiger partial charge in [0.05, 0.1) is 30.7 Å². The van der Waals surface area contributed by atoms with Gasteiger partial charge in [-0.3, -0.25) is 14.5 Å². The van der Waals surface area contributed by atoms with Gasteiger partial charge in [0, 0.05) is 0 Å². The Bertz CT molecular complexity index is 1400. The zero-order chi connectivity index (χ0) is 23.1. The SMILES string of the molecule is COc1cc([C@H]2c3c(oc4ccccc4c3=O)C(=O)N2c2nncs2)ccc1OCC(C)C. The predicted molar refractivity (Wildman–Crippen MR) is 124 cm³/mol. The lowest BCUT2D eigenvalue weighted by molar-refractivity contribution is 0.0970. The Morgan fingerprint density at radius 3 is 2.70 bits per heavy atom. The molecule has 3 heterocycles. The summed E-state index contributed by atoms with van der Waals surface area (Å²) in [6, 6.07) is 11.6. The summed E-state index contributed by atoms with van der Waals surface area (Å²) >= 11 is 1.21. The van der Waals surface area contributed by atoms with Crippen molar-refractivity contribution >= 4 is 33.3 Å². The van der Waals surface area contributed by atoms with E-state index in [1.54, 1.807) is 43.5 Å². The highest BCUT2D eigenvalue weighted by molar-refractivity contribution is 7.13. The summed E-state index contributed by atoms with van der Waals surface area (Å²) in [5, 5.41) is 8.76. The number of anilines is 1. The number of hydrogen-bond acceptors (Lipinski definition) is 8. The number of aromatic nitrogens is 2. The first-order valence-electron chi connectivity index (χ1n) is 10.5. The molecule has 5 rings (SSSR count). The van der Waals surface area contributed by atoms with E-state index < -0.39 is 11.9 Å². The van der Waals surface area contributed by atoms with Crippen molar-refractivity contribution < 1.29 is 18.7 Å². The third-order valence-electron chi connectivity index (χ3n) is 5.41. The van der Waals surface area contributed by atoms with E-state index in [2.05, 4.69) is 24.0 Å². The molecule has 0 spiro atoms. The second kappa shape index (κ2) is 8.32. The molecular formula is C24H21N3O5S. The first-order chi connectivity index (χ1) is 16.0. The highest BCUT2D eigenvalue weighted by Crippen LogP contribution is 2.43. The minimum atomic E-state index is -0.741. The third kappa shape index (κ3) is 3.54. The minimum absolute atomic E-state index is 0.0120. The van der Waals surface area contributed by atoms with E-state index in [-0.39, 0.29) is 16.8 Å². The maximum atomic E-state index is 13.5. The van der Waals surface area contributed by atoms with Crippen LogP contribution < -0.4 is 19.8 Å². The number of ether oxygens (including phenoxy) is 2. The summed E-state index contributed by atoms with van der Waals surface area (Å²) in [5.74, 6) is 1.02. The van der Waals surface area contributed by atoms with E-state index in [4.69, 9.17) is 13.9 Å². The summed E-state index contributed by atoms with van der Waals surface area (Å²) < 4.78 is 17.4. The number of nitrogens with zero attached hydrogens (tertiary/aromatic N) is 3. The molecule has 2 aromatic heterocycles. The quantitative estimate of drug-likeness (QED) is 0.417. The number of benzene rings is 2. The molecule has 8 nitrogen and oxygen atoms in total. The van der Waals surface area contributed by atoms with Crippen molar-refractivity contribution in [3.63, 3.8) is 0 Å². The number of carbonyl (C=O) groups is 1. The summed E-state index contributed by atoms with van der Waals surface area (Å²) in [4.78, 5) is 28.4. The Labute approximate surface area is 193 Å². The predicted octanol–water partition coefficient (Wildman–Crippen LogP) is 4.44. The molecule has 0 bridgehead atoms. The highest BCUT2D eigenvalue weighted by atomic mass is 32.1. The molecule has 4 aromatic rings. The molecule has 0 saturated carbocycles. The van der Waals surface area contributed by atoms with Gasteiger partial charge in [0.2, 0.25) is 10.9 Å². The van der Waals surface area contributed by atoms with Gasteiger partial charge >= 0.3 is 0 Å². The van der Waals surface area contributed by atoms with E-state index in [9.17, 15) is 9.59 Å². The topological polar surface area (TPSA) is 94.8 Å². The van der Waals surface area contributed by atoms with Gasteiger partial charge in [0.15, 0.2) is 16.9 Å². The molecular weight excluding hydrogens is 442 g/mol. The van der Waals surface area contributed by atoms with Crippen LogP contribution in [0.3, 0.4) is 0 Å². The first-order valence-corrected chi connectivity index (χ1v) is 11.3. The van der Waals surface area contributed by atoms with Crippen molar-refractivity contribution in [1.29, 1.82) is 0 Å². The number of carbonyl (C=O) groups excluding carboxylic acids is 1. The van der Waals surface area contributed by atoms with Gasteiger partial charge in [-0.1, -0.05) is 43.4 Å². The number of hydrogen-bond donors (Lipinski definition) is 0. The van der Waals surface area contributed by atoms with Gasteiger partial charge in [0.1, 0.15) is 11.1 Å². The second-order valence-corrected chi connectivity index (χ2v) is 8.90. The number of fused-ring (bicyclic) bond motifs is 2. The molecule has 33 heavy (non-hydrogen) atoms. The Morgan fingerprint density at radius 1 is 1.15 bits per heavy atom. The van der Waals surface area contributed by atoms with E-state index in [0.29, 0.717) is 45.7 Å². The molecule has 168 valence electrons. The molecule has 1 aliphatic heterocycles. The van der Waals surface area contributed by atoms with E-state index in [1.807, 2.05) is 6.07 Å². The third-order valence-corrected chi connectivity index (χ3v) is 6.10. The highest BCUT2D eigenvalue weighted by Gasteiger charge is 2.45. The van der Waals surface area contributed by atoms with Crippen LogP contribution in [0.25, 0.3) is 11.0 Å². The van der Waals surface area contributed by atoms with Crippen molar-refractivity contribution in [2.45, 2.75) is 19.9 Å². The van der Waals surface area contributed by atoms with Crippen molar-refractivity contribution in [3.8, 4) is 11.5 Å². The normalized spacial score (nSPS) is 15.3. The largest absolute Gasteiger partial charge is 0.493 e. The molecule has 0 aliphatic carbocycles. The average molecular weight is 464 g/mol. The first kappa shape index (κ1) is 21.1. The maximum absolute atomic E-state index is 13.5. The Kier molecular flexibility index (Phi) is 5.33. The van der Waals surface area contributed by atoms with E-state index in [1.165, 1.54) is 21.7 Å². The number of amides is 1. The fraction of sp³-hybridized carbons (Fsp3) is 0.250. The van der Waals surface area contributed by atoms with Crippen LogP contribution in [-0.2, 0) is 0 Å². The standard InChI is InChI=1S/C24H21N3O5S/c1-13(2)11-31-17-9-8-14(10-18(17)30-3)20-19-21(28)15-6-4-5-7-16(15)32-22(19)23(29)27(20)24-26-25-12-33-24/h4-10,12-13,20H,11H2,1-3H3/t20-/m0/s1. The van der Waals surface area contributed by atoms with Crippen LogP contribution >= 0.6 is 11.3 Å². The smallest absolute Gasteiger partial charge is 0.297 e. The molecule has 1 aliphatic rings. The Morgan fingerprint density at radius 2 is 1.97 bits per heavy atom. The molecule has 1 amide bonds. The average Bonchev–Trinajstić information content (AvgIpc) is 3.44. The van der Waals surface area contributed by atoms with Crippen LogP contribution in [0.1, 0.15) is 41.6 Å². The van der Waals surface area contributed by atoms with Crippen LogP contribution in [0.5, 0.6) is 11.5 Å². The zero-order valence-electron chi connectivity index (χ0n) is 18.3. The van der Waals surface area contributed by atoms with E-state index >= 15 is 0 Å². The van der Waals surface area contributed by atoms with Gasteiger partial charge in [-0.25, -0.2) is 0 Å². The van der Waals surface area contributed by atoms with Gasteiger partial charge in [-0.2, -0.15) is 0 Å². The van der Waals surface area contributed by atoms with Crippen molar-refractivity contribution in [1.82, 2.24) is 10.2 Å². The molecule has 0 radical (unpaired) electrons. The van der Waals surface area contributed by atoms with Crippen LogP contribution in [0.2, 0.25) is 0 Å². The zero-order valence-corrected chi connectivity index (χ0v) is 19.1. The van der Waals surface area contributed by atoms with Crippen LogP contribution in [0.15, 0.2) is 57.2 Å². The maximum Gasteiger partial charge on any atom is 0.297 e. The lowest BCUT2D eigenvalue weighted by Crippen LogP contribution is -2.29.